The van der Waals surface area contributed by atoms with Crippen molar-refractivity contribution in [3.63, 3.8) is 0 Å². The Morgan fingerprint density at radius 2 is 2.25 bits per heavy atom. The molecule has 0 aliphatic rings. The number of hydrogen-bond acceptors (Lipinski definition) is 4. The topological polar surface area (TPSA) is 81.1 Å². The molecule has 1 amide bonds. The van der Waals surface area contributed by atoms with E-state index in [-0.39, 0.29) is 23.3 Å². The van der Waals surface area contributed by atoms with E-state index in [2.05, 4.69) is 10.3 Å². The summed E-state index contributed by atoms with van der Waals surface area (Å²) < 4.78 is 5.38. The molecule has 1 heterocycles. The molecular weight excluding hydrogens is 206 g/mol. The second kappa shape index (κ2) is 4.65. The SMILES string of the molecule is CC(N)CNC(=O)c1ncc(C(C)(C)C)o1. The van der Waals surface area contributed by atoms with Crippen molar-refractivity contribution in [3.05, 3.63) is 17.8 Å². The summed E-state index contributed by atoms with van der Waals surface area (Å²) in [4.78, 5) is 15.5. The lowest BCUT2D eigenvalue weighted by Crippen LogP contribution is -2.35. The molecule has 3 N–H and O–H groups in total. The predicted molar refractivity (Wildman–Crippen MR) is 61.2 cm³/mol. The molecule has 0 radical (unpaired) electrons. The van der Waals surface area contributed by atoms with E-state index in [1.807, 2.05) is 27.7 Å². The molecule has 1 rings (SSSR count). The molecule has 16 heavy (non-hydrogen) atoms. The van der Waals surface area contributed by atoms with Crippen LogP contribution in [-0.2, 0) is 5.41 Å². The van der Waals surface area contributed by atoms with Crippen molar-refractivity contribution in [2.45, 2.75) is 39.2 Å². The second-order valence-electron chi connectivity index (χ2n) is 4.97. The highest BCUT2D eigenvalue weighted by atomic mass is 16.4. The van der Waals surface area contributed by atoms with Gasteiger partial charge in [0.2, 0.25) is 0 Å². The van der Waals surface area contributed by atoms with E-state index < -0.39 is 0 Å². The molecule has 0 spiro atoms. The quantitative estimate of drug-likeness (QED) is 0.805. The number of carbonyl (C=O) groups is 1. The monoisotopic (exact) mass is 225 g/mol. The molecule has 0 saturated heterocycles. The zero-order valence-corrected chi connectivity index (χ0v) is 10.2. The van der Waals surface area contributed by atoms with Gasteiger partial charge >= 0.3 is 5.91 Å². The fraction of sp³-hybridized carbons (Fsp3) is 0.636. The van der Waals surface area contributed by atoms with Gasteiger partial charge in [0.15, 0.2) is 0 Å². The van der Waals surface area contributed by atoms with Crippen LogP contribution in [0, 0.1) is 0 Å². The molecule has 0 aromatic carbocycles. The maximum atomic E-state index is 11.6. The number of nitrogens with two attached hydrogens (primary N) is 1. The molecule has 0 bridgehead atoms. The van der Waals surface area contributed by atoms with E-state index in [0.29, 0.717) is 12.3 Å². The van der Waals surface area contributed by atoms with Gasteiger partial charge in [0.1, 0.15) is 5.76 Å². The molecule has 90 valence electrons. The number of rotatable bonds is 3. The smallest absolute Gasteiger partial charge is 0.307 e. The van der Waals surface area contributed by atoms with E-state index in [9.17, 15) is 4.79 Å². The molecule has 1 atom stereocenters. The summed E-state index contributed by atoms with van der Waals surface area (Å²) in [5.74, 6) is 0.455. The summed E-state index contributed by atoms with van der Waals surface area (Å²) in [5.41, 5.74) is 5.38. The largest absolute Gasteiger partial charge is 0.437 e. The van der Waals surface area contributed by atoms with Crippen molar-refractivity contribution in [2.24, 2.45) is 5.73 Å². The summed E-state index contributed by atoms with van der Waals surface area (Å²) in [6.45, 7) is 8.22. The lowest BCUT2D eigenvalue weighted by atomic mass is 9.94. The number of carbonyl (C=O) groups excluding carboxylic acids is 1. The van der Waals surface area contributed by atoms with Gasteiger partial charge in [0.05, 0.1) is 6.20 Å². The summed E-state index contributed by atoms with van der Waals surface area (Å²) in [6, 6.07) is -0.0824. The summed E-state index contributed by atoms with van der Waals surface area (Å²) in [6.07, 6.45) is 1.58. The summed E-state index contributed by atoms with van der Waals surface area (Å²) in [5, 5.41) is 2.64. The Balaban J connectivity index is 2.67. The maximum absolute atomic E-state index is 11.6. The Morgan fingerprint density at radius 1 is 1.62 bits per heavy atom. The molecule has 1 aromatic heterocycles. The van der Waals surface area contributed by atoms with Gasteiger partial charge in [0.25, 0.3) is 5.89 Å². The Labute approximate surface area is 95.4 Å². The zero-order valence-electron chi connectivity index (χ0n) is 10.2. The first-order chi connectivity index (χ1) is 7.30. The van der Waals surface area contributed by atoms with Crippen LogP contribution < -0.4 is 11.1 Å². The van der Waals surface area contributed by atoms with Crippen molar-refractivity contribution in [3.8, 4) is 0 Å². The number of nitrogens with one attached hydrogen (secondary N) is 1. The molecule has 0 aliphatic carbocycles. The fourth-order valence-electron chi connectivity index (χ4n) is 1.06. The third-order valence-corrected chi connectivity index (χ3v) is 2.02. The average molecular weight is 225 g/mol. The highest BCUT2D eigenvalue weighted by molar-refractivity contribution is 5.89. The lowest BCUT2D eigenvalue weighted by Gasteiger charge is -2.13. The highest BCUT2D eigenvalue weighted by Gasteiger charge is 2.21. The molecular formula is C11H19N3O2. The number of aromatic nitrogens is 1. The zero-order chi connectivity index (χ0) is 12.3. The number of oxazole rings is 1. The Hall–Kier alpha value is -1.36. The Morgan fingerprint density at radius 3 is 2.69 bits per heavy atom. The number of amides is 1. The Bertz CT molecular complexity index is 364. The van der Waals surface area contributed by atoms with Gasteiger partial charge in [-0.3, -0.25) is 4.79 Å². The normalized spacial score (nSPS) is 13.6. The Kier molecular flexibility index (Phi) is 3.70. The molecule has 0 saturated carbocycles. The van der Waals surface area contributed by atoms with E-state index in [1.54, 1.807) is 6.20 Å². The minimum Gasteiger partial charge on any atom is -0.437 e. The first-order valence-electron chi connectivity index (χ1n) is 5.31. The first-order valence-corrected chi connectivity index (χ1v) is 5.31. The van der Waals surface area contributed by atoms with Gasteiger partial charge in [-0.1, -0.05) is 20.8 Å². The minimum absolute atomic E-state index is 0.0824. The van der Waals surface area contributed by atoms with Gasteiger partial charge in [-0.2, -0.15) is 0 Å². The van der Waals surface area contributed by atoms with Crippen LogP contribution in [0.1, 0.15) is 44.1 Å². The van der Waals surface area contributed by atoms with E-state index in [0.717, 1.165) is 0 Å². The maximum Gasteiger partial charge on any atom is 0.307 e. The molecule has 0 fully saturated rings. The molecule has 5 heteroatoms. The van der Waals surface area contributed by atoms with Gasteiger partial charge in [-0.15, -0.1) is 0 Å². The van der Waals surface area contributed by atoms with Crippen molar-refractivity contribution in [1.29, 1.82) is 0 Å². The van der Waals surface area contributed by atoms with Crippen LogP contribution in [0.3, 0.4) is 0 Å². The van der Waals surface area contributed by atoms with Crippen molar-refractivity contribution in [1.82, 2.24) is 10.3 Å². The van der Waals surface area contributed by atoms with Crippen LogP contribution in [0.15, 0.2) is 10.6 Å². The minimum atomic E-state index is -0.326. The summed E-state index contributed by atoms with van der Waals surface area (Å²) >= 11 is 0. The third-order valence-electron chi connectivity index (χ3n) is 2.02. The van der Waals surface area contributed by atoms with Crippen LogP contribution in [0.5, 0.6) is 0 Å². The van der Waals surface area contributed by atoms with E-state index in [4.69, 9.17) is 10.2 Å². The second-order valence-corrected chi connectivity index (χ2v) is 4.97. The first kappa shape index (κ1) is 12.7. The predicted octanol–water partition coefficient (Wildman–Crippen LogP) is 1.05. The average Bonchev–Trinajstić information content (AvgIpc) is 2.61. The fourth-order valence-corrected chi connectivity index (χ4v) is 1.06. The van der Waals surface area contributed by atoms with Crippen LogP contribution in [-0.4, -0.2) is 23.5 Å². The van der Waals surface area contributed by atoms with Gasteiger partial charge in [-0.25, -0.2) is 4.98 Å². The lowest BCUT2D eigenvalue weighted by molar-refractivity contribution is 0.0913. The van der Waals surface area contributed by atoms with Gasteiger partial charge in [-0.05, 0) is 6.92 Å². The third kappa shape index (κ3) is 3.34. The number of hydrogen-bond donors (Lipinski definition) is 2. The van der Waals surface area contributed by atoms with Crippen molar-refractivity contribution >= 4 is 5.91 Å². The van der Waals surface area contributed by atoms with E-state index in [1.165, 1.54) is 0 Å². The molecule has 1 aromatic rings. The summed E-state index contributed by atoms with van der Waals surface area (Å²) in [7, 11) is 0. The highest BCUT2D eigenvalue weighted by Crippen LogP contribution is 2.22. The number of nitrogens with zero attached hydrogens (tertiary/aromatic N) is 1. The molecule has 0 aliphatic heterocycles. The van der Waals surface area contributed by atoms with Gasteiger partial charge < -0.3 is 15.5 Å². The molecule has 5 nitrogen and oxygen atoms in total. The van der Waals surface area contributed by atoms with Gasteiger partial charge in [0, 0.05) is 18.0 Å². The standard InChI is InChI=1S/C11H19N3O2/c1-7(12)5-13-9(15)10-14-6-8(16-10)11(2,3)4/h6-7H,5,12H2,1-4H3,(H,13,15). The van der Waals surface area contributed by atoms with Crippen LogP contribution >= 0.6 is 0 Å². The van der Waals surface area contributed by atoms with Crippen molar-refractivity contribution in [2.75, 3.05) is 6.54 Å². The van der Waals surface area contributed by atoms with Crippen LogP contribution in [0.25, 0.3) is 0 Å². The van der Waals surface area contributed by atoms with E-state index >= 15 is 0 Å². The molecule has 1 unspecified atom stereocenters. The van der Waals surface area contributed by atoms with Crippen LogP contribution in [0.2, 0.25) is 0 Å². The van der Waals surface area contributed by atoms with Crippen LogP contribution in [0.4, 0.5) is 0 Å². The van der Waals surface area contributed by atoms with Crippen molar-refractivity contribution < 1.29 is 9.21 Å².